The van der Waals surface area contributed by atoms with Crippen molar-refractivity contribution in [1.29, 1.82) is 0 Å². The summed E-state index contributed by atoms with van der Waals surface area (Å²) < 4.78 is 0. The van der Waals surface area contributed by atoms with Gasteiger partial charge in [-0.2, -0.15) is 0 Å². The molecule has 1 saturated carbocycles. The zero-order valence-electron chi connectivity index (χ0n) is 13.2. The molecule has 2 aliphatic heterocycles. The van der Waals surface area contributed by atoms with E-state index in [1.54, 1.807) is 12.1 Å². The second-order valence-corrected chi connectivity index (χ2v) is 7.09. The van der Waals surface area contributed by atoms with Crippen LogP contribution in [0, 0.1) is 5.92 Å². The number of nitrogens with zero attached hydrogens (tertiary/aromatic N) is 3. The van der Waals surface area contributed by atoms with Gasteiger partial charge in [-0.15, -0.1) is 0 Å². The Balaban J connectivity index is 1.43. The lowest BCUT2D eigenvalue weighted by atomic mass is 10.2. The van der Waals surface area contributed by atoms with Crippen molar-refractivity contribution in [3.63, 3.8) is 0 Å². The number of fused-ring (bicyclic) bond motifs is 3. The smallest absolute Gasteiger partial charge is 0.250 e. The van der Waals surface area contributed by atoms with E-state index in [2.05, 4.69) is 19.8 Å². The highest BCUT2D eigenvalue weighted by molar-refractivity contribution is 6.04. The molecule has 5 rings (SSSR count). The van der Waals surface area contributed by atoms with Crippen LogP contribution in [0.3, 0.4) is 0 Å². The number of aromatic amines is 1. The number of likely N-dealkylation sites (tertiary alicyclic amines) is 1. The van der Waals surface area contributed by atoms with Gasteiger partial charge >= 0.3 is 0 Å². The van der Waals surface area contributed by atoms with Gasteiger partial charge in [0.05, 0.1) is 23.2 Å². The van der Waals surface area contributed by atoms with E-state index in [0.29, 0.717) is 23.0 Å². The molecule has 0 unspecified atom stereocenters. The molecule has 2 atom stereocenters. The number of rotatable bonds is 3. The first-order valence-corrected chi connectivity index (χ1v) is 8.47. The summed E-state index contributed by atoms with van der Waals surface area (Å²) in [5.74, 6) is 0.914. The zero-order valence-corrected chi connectivity index (χ0v) is 13.2. The number of amides is 2. The number of piperazine rings is 1. The van der Waals surface area contributed by atoms with Crippen molar-refractivity contribution >= 4 is 28.8 Å². The number of hydrogen-bond acceptors (Lipinski definition) is 4. The van der Waals surface area contributed by atoms with E-state index in [9.17, 15) is 9.59 Å². The first kappa shape index (κ1) is 13.8. The second-order valence-electron chi connectivity index (χ2n) is 7.09. The maximum absolute atomic E-state index is 12.3. The van der Waals surface area contributed by atoms with Crippen molar-refractivity contribution in [2.75, 3.05) is 18.0 Å². The molecule has 3 aliphatic rings. The van der Waals surface area contributed by atoms with Gasteiger partial charge in [0.1, 0.15) is 5.52 Å². The summed E-state index contributed by atoms with van der Waals surface area (Å²) in [5, 5.41) is 0. The summed E-state index contributed by atoms with van der Waals surface area (Å²) in [7, 11) is 0. The number of para-hydroxylation sites is 1. The number of hydrogen-bond donors (Lipinski definition) is 2. The predicted molar refractivity (Wildman–Crippen MR) is 88.6 cm³/mol. The van der Waals surface area contributed by atoms with Crippen LogP contribution < -0.4 is 10.6 Å². The van der Waals surface area contributed by atoms with Crippen molar-refractivity contribution in [3.8, 4) is 0 Å². The quantitative estimate of drug-likeness (QED) is 0.875. The van der Waals surface area contributed by atoms with Crippen molar-refractivity contribution in [2.24, 2.45) is 11.7 Å². The molecule has 3 fully saturated rings. The molecule has 3 heterocycles. The Morgan fingerprint density at radius 3 is 2.71 bits per heavy atom. The highest BCUT2D eigenvalue weighted by Gasteiger charge is 2.48. The van der Waals surface area contributed by atoms with Gasteiger partial charge in [-0.25, -0.2) is 4.98 Å². The maximum Gasteiger partial charge on any atom is 0.250 e. The van der Waals surface area contributed by atoms with E-state index < -0.39 is 5.91 Å². The third kappa shape index (κ3) is 1.93. The lowest BCUT2D eigenvalue weighted by Crippen LogP contribution is -2.49. The van der Waals surface area contributed by atoms with Gasteiger partial charge in [-0.05, 0) is 31.4 Å². The fourth-order valence-electron chi connectivity index (χ4n) is 4.12. The van der Waals surface area contributed by atoms with Crippen LogP contribution in [0.15, 0.2) is 18.2 Å². The Labute approximate surface area is 138 Å². The number of benzene rings is 1. The van der Waals surface area contributed by atoms with Crippen LogP contribution in [0.2, 0.25) is 0 Å². The molecule has 1 aromatic heterocycles. The second kappa shape index (κ2) is 4.72. The Morgan fingerprint density at radius 1 is 1.21 bits per heavy atom. The van der Waals surface area contributed by atoms with E-state index in [1.165, 1.54) is 0 Å². The van der Waals surface area contributed by atoms with Crippen molar-refractivity contribution in [2.45, 2.75) is 31.3 Å². The van der Waals surface area contributed by atoms with Gasteiger partial charge in [0, 0.05) is 19.0 Å². The van der Waals surface area contributed by atoms with E-state index >= 15 is 0 Å². The minimum Gasteiger partial charge on any atom is -0.366 e. The molecular weight excluding hydrogens is 306 g/mol. The maximum atomic E-state index is 12.3. The SMILES string of the molecule is NC(=O)c1cccc2[nH]c(N3C[C@@H]4C[C@H]3CN4C(=O)C3CC3)nc12. The normalized spacial score (nSPS) is 25.7. The molecular formula is C17H19N5O2. The molecule has 2 saturated heterocycles. The molecule has 3 N–H and O–H groups in total. The lowest BCUT2D eigenvalue weighted by Gasteiger charge is -2.34. The summed E-state index contributed by atoms with van der Waals surface area (Å²) >= 11 is 0. The molecule has 0 radical (unpaired) electrons. The van der Waals surface area contributed by atoms with Gasteiger partial charge in [-0.1, -0.05) is 6.07 Å². The minimum atomic E-state index is -0.470. The van der Waals surface area contributed by atoms with Crippen LogP contribution in [0.5, 0.6) is 0 Å². The summed E-state index contributed by atoms with van der Waals surface area (Å²) in [6, 6.07) is 5.98. The highest BCUT2D eigenvalue weighted by atomic mass is 16.2. The monoisotopic (exact) mass is 325 g/mol. The van der Waals surface area contributed by atoms with Gasteiger partial charge in [0.2, 0.25) is 11.9 Å². The number of imidazole rings is 1. The average molecular weight is 325 g/mol. The van der Waals surface area contributed by atoms with Crippen LogP contribution in [0.25, 0.3) is 11.0 Å². The average Bonchev–Trinajstić information content (AvgIpc) is 3.03. The summed E-state index contributed by atoms with van der Waals surface area (Å²) in [6.07, 6.45) is 3.10. The first-order valence-electron chi connectivity index (χ1n) is 8.47. The summed E-state index contributed by atoms with van der Waals surface area (Å²) in [6.45, 7) is 1.58. The summed E-state index contributed by atoms with van der Waals surface area (Å²) in [4.78, 5) is 36.1. The number of H-pyrrole nitrogens is 1. The van der Waals surface area contributed by atoms with Crippen LogP contribution in [0.1, 0.15) is 29.6 Å². The van der Waals surface area contributed by atoms with Gasteiger partial charge in [0.15, 0.2) is 0 Å². The van der Waals surface area contributed by atoms with Gasteiger partial charge < -0.3 is 20.5 Å². The van der Waals surface area contributed by atoms with Crippen molar-refractivity contribution in [3.05, 3.63) is 23.8 Å². The third-order valence-electron chi connectivity index (χ3n) is 5.49. The Bertz CT molecular complexity index is 856. The fraction of sp³-hybridized carbons (Fsp3) is 0.471. The molecule has 1 aromatic carbocycles. The number of nitrogens with two attached hydrogens (primary N) is 1. The molecule has 1 aliphatic carbocycles. The van der Waals surface area contributed by atoms with Gasteiger partial charge in [-0.3, -0.25) is 9.59 Å². The van der Waals surface area contributed by atoms with Crippen LogP contribution in [-0.2, 0) is 4.79 Å². The van der Waals surface area contributed by atoms with E-state index in [0.717, 1.165) is 43.8 Å². The van der Waals surface area contributed by atoms with E-state index in [-0.39, 0.29) is 12.0 Å². The predicted octanol–water partition coefficient (Wildman–Crippen LogP) is 0.861. The number of carbonyl (C=O) groups excluding carboxylic acids is 2. The molecule has 2 bridgehead atoms. The van der Waals surface area contributed by atoms with Crippen molar-refractivity contribution < 1.29 is 9.59 Å². The molecule has 0 spiro atoms. The van der Waals surface area contributed by atoms with Crippen LogP contribution >= 0.6 is 0 Å². The fourth-order valence-corrected chi connectivity index (χ4v) is 4.12. The Hall–Kier alpha value is -2.57. The first-order chi connectivity index (χ1) is 11.6. The molecule has 7 nitrogen and oxygen atoms in total. The number of aromatic nitrogens is 2. The summed E-state index contributed by atoms with van der Waals surface area (Å²) in [5.41, 5.74) is 7.31. The highest BCUT2D eigenvalue weighted by Crippen LogP contribution is 2.39. The van der Waals surface area contributed by atoms with Gasteiger partial charge in [0.25, 0.3) is 5.91 Å². The van der Waals surface area contributed by atoms with E-state index in [1.807, 2.05) is 6.07 Å². The lowest BCUT2D eigenvalue weighted by molar-refractivity contribution is -0.133. The number of carbonyl (C=O) groups is 2. The van der Waals surface area contributed by atoms with E-state index in [4.69, 9.17) is 5.73 Å². The minimum absolute atomic E-state index is 0.280. The third-order valence-corrected chi connectivity index (χ3v) is 5.49. The Morgan fingerprint density at radius 2 is 2.04 bits per heavy atom. The molecule has 7 heteroatoms. The molecule has 2 amide bonds. The largest absolute Gasteiger partial charge is 0.366 e. The number of anilines is 1. The number of nitrogens with one attached hydrogen (secondary N) is 1. The van der Waals surface area contributed by atoms with Crippen LogP contribution in [0.4, 0.5) is 5.95 Å². The molecule has 2 aromatic rings. The number of primary amides is 1. The Kier molecular flexibility index (Phi) is 2.72. The zero-order chi connectivity index (χ0) is 16.4. The topological polar surface area (TPSA) is 95.3 Å². The van der Waals surface area contributed by atoms with Crippen molar-refractivity contribution in [1.82, 2.24) is 14.9 Å². The molecule has 24 heavy (non-hydrogen) atoms. The standard InChI is InChI=1S/C17H19N5O2/c18-15(23)12-2-1-3-13-14(12)20-17(19-13)22-8-10-6-11(22)7-21(10)16(24)9-4-5-9/h1-3,9-11H,4-8H2,(H2,18,23)(H,19,20)/t10-,11-/m0/s1. The molecule has 124 valence electrons. The van der Waals surface area contributed by atoms with Crippen LogP contribution in [-0.4, -0.2) is 51.9 Å².